The van der Waals surface area contributed by atoms with Crippen LogP contribution in [0.3, 0.4) is 0 Å². The number of H-pyrrole nitrogens is 1. The Morgan fingerprint density at radius 2 is 1.62 bits per heavy atom. The van der Waals surface area contributed by atoms with Crippen LogP contribution in [-0.2, 0) is 6.42 Å². The number of nitrogens with one attached hydrogen (secondary N) is 1. The number of fused-ring (bicyclic) bond motifs is 3. The molecule has 0 radical (unpaired) electrons. The maximum atomic E-state index is 14.7. The van der Waals surface area contributed by atoms with Crippen LogP contribution in [0.1, 0.15) is 11.3 Å². The number of halogens is 5. The Balaban J connectivity index is 1.88. The van der Waals surface area contributed by atoms with E-state index >= 15 is 0 Å². The highest BCUT2D eigenvalue weighted by Crippen LogP contribution is 2.30. The molecule has 5 rings (SSSR count). The number of para-hydroxylation sites is 1. The van der Waals surface area contributed by atoms with E-state index in [1.807, 2.05) is 0 Å². The predicted molar refractivity (Wildman–Crippen MR) is 116 cm³/mol. The van der Waals surface area contributed by atoms with Gasteiger partial charge in [-0.05, 0) is 42.0 Å². The van der Waals surface area contributed by atoms with E-state index in [4.69, 9.17) is 0 Å². The Kier molecular flexibility index (Phi) is 4.85. The first-order valence-corrected chi connectivity index (χ1v) is 10.2. The lowest BCUT2D eigenvalue weighted by Gasteiger charge is -2.08. The number of pyridine rings is 1. The van der Waals surface area contributed by atoms with Gasteiger partial charge in [0.25, 0.3) is 5.56 Å². The van der Waals surface area contributed by atoms with Crippen LogP contribution in [0.2, 0.25) is 0 Å². The van der Waals surface area contributed by atoms with Crippen LogP contribution in [0, 0.1) is 23.3 Å². The van der Waals surface area contributed by atoms with Gasteiger partial charge >= 0.3 is 0 Å². The monoisotopic (exact) mass is 501 g/mol. The number of hydrogen-bond donors (Lipinski definition) is 1. The minimum absolute atomic E-state index is 0.0366. The summed E-state index contributed by atoms with van der Waals surface area (Å²) in [6, 6.07) is 11.7. The van der Waals surface area contributed by atoms with Crippen LogP contribution in [0.25, 0.3) is 27.5 Å². The largest absolute Gasteiger partial charge is 0.289 e. The molecule has 0 saturated carbocycles. The molecule has 0 aliphatic carbocycles. The van der Waals surface area contributed by atoms with Gasteiger partial charge in [0, 0.05) is 10.9 Å². The number of benzene rings is 3. The van der Waals surface area contributed by atoms with Crippen LogP contribution in [0.5, 0.6) is 0 Å². The third kappa shape index (κ3) is 3.20. The van der Waals surface area contributed by atoms with Crippen molar-refractivity contribution < 1.29 is 17.6 Å². The van der Waals surface area contributed by atoms with Gasteiger partial charge in [-0.2, -0.15) is 0 Å². The van der Waals surface area contributed by atoms with Crippen molar-refractivity contribution in [3.63, 3.8) is 0 Å². The summed E-state index contributed by atoms with van der Waals surface area (Å²) < 4.78 is 59.6. The zero-order chi connectivity index (χ0) is 22.6. The van der Waals surface area contributed by atoms with Gasteiger partial charge in [0.15, 0.2) is 0 Å². The molecule has 1 N–H and O–H groups in total. The zero-order valence-electron chi connectivity index (χ0n) is 16.1. The van der Waals surface area contributed by atoms with Gasteiger partial charge in [0.1, 0.15) is 34.5 Å². The Labute approximate surface area is 186 Å². The molecule has 0 spiro atoms. The highest BCUT2D eigenvalue weighted by Gasteiger charge is 2.22. The van der Waals surface area contributed by atoms with Gasteiger partial charge in [0.05, 0.1) is 22.0 Å². The molecule has 4 nitrogen and oxygen atoms in total. The summed E-state index contributed by atoms with van der Waals surface area (Å²) in [4.78, 5) is 17.5. The molecule has 0 aliphatic heterocycles. The van der Waals surface area contributed by atoms with Crippen molar-refractivity contribution in [2.24, 2.45) is 0 Å². The van der Waals surface area contributed by atoms with Gasteiger partial charge in [-0.25, -0.2) is 27.2 Å². The first-order valence-electron chi connectivity index (χ1n) is 9.45. The van der Waals surface area contributed by atoms with Crippen LogP contribution in [0.4, 0.5) is 17.6 Å². The minimum atomic E-state index is -0.805. The lowest BCUT2D eigenvalue weighted by molar-refractivity contribution is 0.609. The molecule has 2 heterocycles. The molecule has 160 valence electrons. The zero-order valence-corrected chi connectivity index (χ0v) is 17.7. The summed E-state index contributed by atoms with van der Waals surface area (Å²) in [5, 5.41) is 2.38. The number of aromatic amines is 1. The minimum Gasteiger partial charge on any atom is -0.289 e. The van der Waals surface area contributed by atoms with E-state index in [0.717, 1.165) is 16.8 Å². The standard InChI is InChI=1S/C23H12BrF4N3O/c24-12-6-5-11(16(28)10-12)9-17-20-22(19-14(26)7-8-15(27)21(19)29-17)30-31(23(20)32)18-4-2-1-3-13(18)25/h1-8,10,30H,9H2. The molecule has 3 aromatic carbocycles. The molecule has 0 aliphatic rings. The summed E-state index contributed by atoms with van der Waals surface area (Å²) in [5.41, 5.74) is -0.930. The fourth-order valence-corrected chi connectivity index (χ4v) is 4.07. The van der Waals surface area contributed by atoms with Crippen molar-refractivity contribution in [3.05, 3.63) is 104 Å². The van der Waals surface area contributed by atoms with E-state index in [1.165, 1.54) is 36.4 Å². The van der Waals surface area contributed by atoms with Crippen molar-refractivity contribution in [1.82, 2.24) is 14.8 Å². The molecule has 0 fully saturated rings. The van der Waals surface area contributed by atoms with Gasteiger partial charge in [-0.1, -0.05) is 34.1 Å². The van der Waals surface area contributed by atoms with Crippen molar-refractivity contribution in [1.29, 1.82) is 0 Å². The topological polar surface area (TPSA) is 50.7 Å². The second-order valence-corrected chi connectivity index (χ2v) is 8.09. The van der Waals surface area contributed by atoms with Crippen molar-refractivity contribution in [3.8, 4) is 5.69 Å². The second-order valence-electron chi connectivity index (χ2n) is 7.18. The normalized spacial score (nSPS) is 11.5. The van der Waals surface area contributed by atoms with Crippen molar-refractivity contribution in [2.75, 3.05) is 0 Å². The lowest BCUT2D eigenvalue weighted by Crippen LogP contribution is -2.16. The Morgan fingerprint density at radius 1 is 0.875 bits per heavy atom. The summed E-state index contributed by atoms with van der Waals surface area (Å²) >= 11 is 3.18. The third-order valence-corrected chi connectivity index (χ3v) is 5.71. The Morgan fingerprint density at radius 3 is 2.38 bits per heavy atom. The molecule has 0 bridgehead atoms. The van der Waals surface area contributed by atoms with Crippen LogP contribution < -0.4 is 5.56 Å². The highest BCUT2D eigenvalue weighted by molar-refractivity contribution is 9.10. The molecule has 2 aromatic heterocycles. The second kappa shape index (κ2) is 7.59. The Hall–Kier alpha value is -3.46. The molecular weight excluding hydrogens is 490 g/mol. The SMILES string of the molecule is O=c1c2c(Cc3ccc(Br)cc3F)nc3c(F)ccc(F)c3c2[nH]n1-c1ccccc1F. The van der Waals surface area contributed by atoms with Crippen molar-refractivity contribution in [2.45, 2.75) is 6.42 Å². The van der Waals surface area contributed by atoms with Crippen LogP contribution >= 0.6 is 15.9 Å². The molecule has 0 amide bonds. The van der Waals surface area contributed by atoms with E-state index in [2.05, 4.69) is 26.0 Å². The molecule has 32 heavy (non-hydrogen) atoms. The van der Waals surface area contributed by atoms with Crippen LogP contribution in [-0.4, -0.2) is 14.8 Å². The maximum absolute atomic E-state index is 14.7. The highest BCUT2D eigenvalue weighted by atomic mass is 79.9. The number of nitrogens with zero attached hydrogens (tertiary/aromatic N) is 2. The van der Waals surface area contributed by atoms with E-state index in [0.29, 0.717) is 4.47 Å². The smallest absolute Gasteiger partial charge is 0.281 e. The molecular formula is C23H12BrF4N3O. The number of hydrogen-bond acceptors (Lipinski definition) is 2. The molecule has 0 atom stereocenters. The first kappa shape index (κ1) is 20.4. The van der Waals surface area contributed by atoms with Gasteiger partial charge in [0.2, 0.25) is 0 Å². The maximum Gasteiger partial charge on any atom is 0.281 e. The van der Waals surface area contributed by atoms with E-state index in [1.54, 1.807) is 6.07 Å². The van der Waals surface area contributed by atoms with Gasteiger partial charge < -0.3 is 0 Å². The summed E-state index contributed by atoms with van der Waals surface area (Å²) in [6.07, 6.45) is -0.161. The summed E-state index contributed by atoms with van der Waals surface area (Å²) in [6.45, 7) is 0. The van der Waals surface area contributed by atoms with E-state index in [-0.39, 0.29) is 45.2 Å². The molecule has 0 unspecified atom stereocenters. The van der Waals surface area contributed by atoms with Crippen molar-refractivity contribution >= 4 is 37.7 Å². The van der Waals surface area contributed by atoms with Gasteiger partial charge in [-0.3, -0.25) is 9.89 Å². The average molecular weight is 502 g/mol. The number of rotatable bonds is 3. The summed E-state index contributed by atoms with van der Waals surface area (Å²) in [7, 11) is 0. The third-order valence-electron chi connectivity index (χ3n) is 5.22. The fourth-order valence-electron chi connectivity index (χ4n) is 3.74. The molecule has 9 heteroatoms. The lowest BCUT2D eigenvalue weighted by atomic mass is 10.0. The molecule has 0 saturated heterocycles. The van der Waals surface area contributed by atoms with Crippen LogP contribution in [0.15, 0.2) is 63.9 Å². The molecule has 5 aromatic rings. The first-order chi connectivity index (χ1) is 15.3. The summed E-state index contributed by atoms with van der Waals surface area (Å²) in [5.74, 6) is -2.85. The fraction of sp³-hybridized carbons (Fsp3) is 0.0435. The van der Waals surface area contributed by atoms with E-state index < -0.39 is 28.8 Å². The Bertz CT molecular complexity index is 1590. The van der Waals surface area contributed by atoms with Gasteiger partial charge in [-0.15, -0.1) is 0 Å². The quantitative estimate of drug-likeness (QED) is 0.319. The van der Waals surface area contributed by atoms with E-state index in [9.17, 15) is 22.4 Å². The average Bonchev–Trinajstić information content (AvgIpc) is 3.10. The predicted octanol–water partition coefficient (Wildman–Crippen LogP) is 5.78. The number of aromatic nitrogens is 3.